The molecule has 1 fully saturated rings. The molecule has 0 heterocycles. The van der Waals surface area contributed by atoms with Gasteiger partial charge in [-0.3, -0.25) is 19.2 Å². The number of ether oxygens (including phenoxy) is 2. The van der Waals surface area contributed by atoms with E-state index in [9.17, 15) is 19.2 Å². The number of carbonyl (C=O) groups is 4. The lowest BCUT2D eigenvalue weighted by atomic mass is 9.56. The lowest BCUT2D eigenvalue weighted by molar-refractivity contribution is -0.176. The third kappa shape index (κ3) is 3.77. The molecule has 1 aliphatic carbocycles. The van der Waals surface area contributed by atoms with Gasteiger partial charge in [-0.1, -0.05) is 60.7 Å². The molecule has 30 heavy (non-hydrogen) atoms. The van der Waals surface area contributed by atoms with Crippen molar-refractivity contribution in [1.82, 2.24) is 0 Å². The van der Waals surface area contributed by atoms with Gasteiger partial charge in [0.2, 0.25) is 0 Å². The van der Waals surface area contributed by atoms with Crippen molar-refractivity contribution in [3.8, 4) is 0 Å². The highest BCUT2D eigenvalue weighted by Gasteiger charge is 2.64. The number of carbonyl (C=O) groups excluding carboxylic acids is 4. The van der Waals surface area contributed by atoms with Crippen molar-refractivity contribution < 1.29 is 28.7 Å². The maximum atomic E-state index is 14.0. The quantitative estimate of drug-likeness (QED) is 0.540. The number of benzene rings is 2. The predicted molar refractivity (Wildman–Crippen MR) is 108 cm³/mol. The lowest BCUT2D eigenvalue weighted by Crippen LogP contribution is -2.59. The van der Waals surface area contributed by atoms with Gasteiger partial charge in [0.05, 0.1) is 14.2 Å². The Labute approximate surface area is 175 Å². The number of methoxy groups -OCH3 is 2. The van der Waals surface area contributed by atoms with Crippen LogP contribution in [0, 0.1) is 10.8 Å². The zero-order valence-corrected chi connectivity index (χ0v) is 17.1. The van der Waals surface area contributed by atoms with Crippen LogP contribution in [-0.2, 0) is 41.5 Å². The van der Waals surface area contributed by atoms with E-state index in [0.717, 1.165) is 0 Å². The monoisotopic (exact) mass is 408 g/mol. The molecule has 0 saturated heterocycles. The van der Waals surface area contributed by atoms with E-state index in [0.29, 0.717) is 11.1 Å². The van der Waals surface area contributed by atoms with Gasteiger partial charge < -0.3 is 9.47 Å². The van der Waals surface area contributed by atoms with Crippen molar-refractivity contribution in [2.75, 3.05) is 14.2 Å². The minimum atomic E-state index is -1.78. The van der Waals surface area contributed by atoms with E-state index in [1.807, 2.05) is 12.1 Å². The SMILES string of the molecule is COC(=O)[C@]1(Cc2ccccc2)CC(=O)C[C@@](Cc2ccccc2)(C(=O)OC)C1=O. The first-order valence-corrected chi connectivity index (χ1v) is 9.69. The zero-order chi connectivity index (χ0) is 21.8. The fourth-order valence-electron chi connectivity index (χ4n) is 4.39. The Bertz CT molecular complexity index is 877. The maximum Gasteiger partial charge on any atom is 0.320 e. The van der Waals surface area contributed by atoms with Gasteiger partial charge in [0, 0.05) is 12.8 Å². The highest BCUT2D eigenvalue weighted by Crippen LogP contribution is 2.47. The van der Waals surface area contributed by atoms with Crippen LogP contribution in [0.25, 0.3) is 0 Å². The number of rotatable bonds is 6. The molecule has 0 N–H and O–H groups in total. The Kier molecular flexibility index (Phi) is 6.15. The molecule has 0 radical (unpaired) electrons. The van der Waals surface area contributed by atoms with Gasteiger partial charge in [0.25, 0.3) is 0 Å². The van der Waals surface area contributed by atoms with Crippen LogP contribution in [0.3, 0.4) is 0 Å². The van der Waals surface area contributed by atoms with Crippen LogP contribution in [0.4, 0.5) is 0 Å². The summed E-state index contributed by atoms with van der Waals surface area (Å²) >= 11 is 0. The van der Waals surface area contributed by atoms with Crippen LogP contribution in [-0.4, -0.2) is 37.7 Å². The summed E-state index contributed by atoms with van der Waals surface area (Å²) in [5.74, 6) is -2.60. The van der Waals surface area contributed by atoms with E-state index < -0.39 is 28.6 Å². The highest BCUT2D eigenvalue weighted by molar-refractivity contribution is 6.20. The zero-order valence-electron chi connectivity index (χ0n) is 17.1. The summed E-state index contributed by atoms with van der Waals surface area (Å²) in [6.45, 7) is 0. The average molecular weight is 408 g/mol. The molecule has 0 bridgehead atoms. The number of esters is 2. The first kappa shape index (κ1) is 21.4. The van der Waals surface area contributed by atoms with Gasteiger partial charge in [-0.2, -0.15) is 0 Å². The molecule has 6 nitrogen and oxygen atoms in total. The van der Waals surface area contributed by atoms with Crippen molar-refractivity contribution in [2.45, 2.75) is 25.7 Å². The van der Waals surface area contributed by atoms with Gasteiger partial charge in [-0.05, 0) is 24.0 Å². The smallest absolute Gasteiger partial charge is 0.320 e. The maximum absolute atomic E-state index is 14.0. The predicted octanol–water partition coefficient (Wildman–Crippen LogP) is 2.72. The molecular formula is C24H24O6. The normalized spacial score (nSPS) is 23.7. The minimum Gasteiger partial charge on any atom is -0.468 e. The van der Waals surface area contributed by atoms with E-state index in [-0.39, 0.29) is 31.5 Å². The average Bonchev–Trinajstić information content (AvgIpc) is 2.77. The third-order valence-electron chi connectivity index (χ3n) is 5.72. The van der Waals surface area contributed by atoms with E-state index >= 15 is 0 Å². The van der Waals surface area contributed by atoms with Crippen molar-refractivity contribution in [2.24, 2.45) is 10.8 Å². The van der Waals surface area contributed by atoms with E-state index in [2.05, 4.69) is 0 Å². The van der Waals surface area contributed by atoms with E-state index in [1.54, 1.807) is 48.5 Å². The molecule has 0 unspecified atom stereocenters. The second-order valence-electron chi connectivity index (χ2n) is 7.69. The summed E-state index contributed by atoms with van der Waals surface area (Å²) in [4.78, 5) is 52.8. The number of hydrogen-bond donors (Lipinski definition) is 0. The van der Waals surface area contributed by atoms with E-state index in [1.165, 1.54) is 14.2 Å². The Morgan fingerprint density at radius 2 is 1.10 bits per heavy atom. The molecule has 1 saturated carbocycles. The topological polar surface area (TPSA) is 86.7 Å². The standard InChI is InChI=1S/C24H24O6/c1-29-21(27)23(13-17-9-5-3-6-10-17)15-19(25)16-24(20(23)26,22(28)30-2)14-18-11-7-4-8-12-18/h3-12H,13-16H2,1-2H3/t23-,24-/m1/s1. The van der Waals surface area contributed by atoms with Crippen LogP contribution in [0.2, 0.25) is 0 Å². The molecular weight excluding hydrogens is 384 g/mol. The molecule has 2 aromatic carbocycles. The van der Waals surface area contributed by atoms with Crippen LogP contribution >= 0.6 is 0 Å². The first-order chi connectivity index (χ1) is 14.4. The summed E-state index contributed by atoms with van der Waals surface area (Å²) in [7, 11) is 2.36. The molecule has 2 atom stereocenters. The molecule has 156 valence electrons. The summed E-state index contributed by atoms with van der Waals surface area (Å²) in [6, 6.07) is 17.9. The van der Waals surface area contributed by atoms with Crippen molar-refractivity contribution in [3.63, 3.8) is 0 Å². The van der Waals surface area contributed by atoms with Gasteiger partial charge >= 0.3 is 11.9 Å². The molecule has 3 rings (SSSR count). The van der Waals surface area contributed by atoms with Crippen LogP contribution in [0.1, 0.15) is 24.0 Å². The lowest BCUT2D eigenvalue weighted by Gasteiger charge is -2.42. The summed E-state index contributed by atoms with van der Waals surface area (Å²) in [6.07, 6.45) is -0.668. The Morgan fingerprint density at radius 3 is 1.43 bits per heavy atom. The highest BCUT2D eigenvalue weighted by atomic mass is 16.5. The van der Waals surface area contributed by atoms with Gasteiger partial charge in [-0.15, -0.1) is 0 Å². The molecule has 1 aliphatic rings. The number of Topliss-reactive ketones (excluding diaryl/α,β-unsaturated/α-hetero) is 2. The van der Waals surface area contributed by atoms with Crippen molar-refractivity contribution in [3.05, 3.63) is 71.8 Å². The second kappa shape index (κ2) is 8.61. The minimum absolute atomic E-state index is 0.0291. The van der Waals surface area contributed by atoms with E-state index in [4.69, 9.17) is 9.47 Å². The fourth-order valence-corrected chi connectivity index (χ4v) is 4.39. The van der Waals surface area contributed by atoms with Crippen LogP contribution in [0.15, 0.2) is 60.7 Å². The number of hydrogen-bond acceptors (Lipinski definition) is 6. The Balaban J connectivity index is 2.15. The molecule has 6 heteroatoms. The van der Waals surface area contributed by atoms with Crippen molar-refractivity contribution >= 4 is 23.5 Å². The van der Waals surface area contributed by atoms with Gasteiger partial charge in [0.1, 0.15) is 16.6 Å². The van der Waals surface area contributed by atoms with Gasteiger partial charge in [-0.25, -0.2) is 0 Å². The Hall–Kier alpha value is -3.28. The van der Waals surface area contributed by atoms with Gasteiger partial charge in [0.15, 0.2) is 5.78 Å². The third-order valence-corrected chi connectivity index (χ3v) is 5.72. The largest absolute Gasteiger partial charge is 0.468 e. The molecule has 2 aromatic rings. The van der Waals surface area contributed by atoms with Crippen molar-refractivity contribution in [1.29, 1.82) is 0 Å². The molecule has 0 aliphatic heterocycles. The second-order valence-corrected chi connectivity index (χ2v) is 7.69. The number of ketones is 2. The summed E-state index contributed by atoms with van der Waals surface area (Å²) in [5, 5.41) is 0. The Morgan fingerprint density at radius 1 is 0.733 bits per heavy atom. The van der Waals surface area contributed by atoms with Crippen LogP contribution in [0.5, 0.6) is 0 Å². The summed E-state index contributed by atoms with van der Waals surface area (Å²) in [5.41, 5.74) is -2.17. The molecule has 0 spiro atoms. The summed E-state index contributed by atoms with van der Waals surface area (Å²) < 4.78 is 9.95. The van der Waals surface area contributed by atoms with Crippen LogP contribution < -0.4 is 0 Å². The first-order valence-electron chi connectivity index (χ1n) is 9.69. The fraction of sp³-hybridized carbons (Fsp3) is 0.333. The molecule has 0 aromatic heterocycles. The molecule has 0 amide bonds.